The van der Waals surface area contributed by atoms with Crippen LogP contribution in [-0.2, 0) is 6.42 Å². The van der Waals surface area contributed by atoms with Crippen LogP contribution in [0.4, 0.5) is 0 Å². The van der Waals surface area contributed by atoms with Gasteiger partial charge in [-0.1, -0.05) is 60.3 Å². The van der Waals surface area contributed by atoms with Crippen molar-refractivity contribution in [2.24, 2.45) is 0 Å². The molecule has 6 nitrogen and oxygen atoms in total. The summed E-state index contributed by atoms with van der Waals surface area (Å²) in [6.07, 6.45) is 2.20. The van der Waals surface area contributed by atoms with Gasteiger partial charge >= 0.3 is 0 Å². The molecule has 3 rings (SSSR count). The van der Waals surface area contributed by atoms with Crippen LogP contribution < -0.4 is 10.1 Å². The number of ether oxygens (including phenoxy) is 1. The van der Waals surface area contributed by atoms with E-state index in [1.54, 1.807) is 31.2 Å². The molecule has 0 bridgehead atoms. The molecule has 0 saturated heterocycles. The van der Waals surface area contributed by atoms with Crippen LogP contribution in [0.15, 0.2) is 71.8 Å². The lowest BCUT2D eigenvalue weighted by atomic mass is 10.1. The largest absolute Gasteiger partial charge is 0.489 e. The second-order valence-electron chi connectivity index (χ2n) is 6.00. The van der Waals surface area contributed by atoms with Gasteiger partial charge < -0.3 is 14.6 Å². The Morgan fingerprint density at radius 2 is 1.96 bits per heavy atom. The molecule has 1 aromatic heterocycles. The SMILES string of the molecule is C=CCOc1ccccc1C(=O)NC(C)c1nc(Cc2ccccc2)no1. The van der Waals surface area contributed by atoms with Gasteiger partial charge in [0.15, 0.2) is 5.82 Å². The molecule has 0 aliphatic heterocycles. The zero-order valence-electron chi connectivity index (χ0n) is 15.1. The minimum atomic E-state index is -0.429. The molecule has 0 spiro atoms. The highest BCUT2D eigenvalue weighted by Crippen LogP contribution is 2.20. The van der Waals surface area contributed by atoms with Crippen LogP contribution in [0, 0.1) is 0 Å². The molecule has 27 heavy (non-hydrogen) atoms. The summed E-state index contributed by atoms with van der Waals surface area (Å²) in [4.78, 5) is 17.0. The highest BCUT2D eigenvalue weighted by atomic mass is 16.5. The van der Waals surface area contributed by atoms with Crippen LogP contribution in [0.1, 0.15) is 40.6 Å². The summed E-state index contributed by atoms with van der Waals surface area (Å²) in [5.41, 5.74) is 1.53. The van der Waals surface area contributed by atoms with E-state index in [4.69, 9.17) is 9.26 Å². The van der Waals surface area contributed by atoms with E-state index in [0.717, 1.165) is 5.56 Å². The average molecular weight is 363 g/mol. The maximum absolute atomic E-state index is 12.6. The van der Waals surface area contributed by atoms with Crippen molar-refractivity contribution in [3.8, 4) is 5.75 Å². The van der Waals surface area contributed by atoms with E-state index >= 15 is 0 Å². The van der Waals surface area contributed by atoms with Gasteiger partial charge in [0.2, 0.25) is 5.89 Å². The minimum absolute atomic E-state index is 0.273. The number of benzene rings is 2. The number of rotatable bonds is 8. The molecule has 0 radical (unpaired) electrons. The van der Waals surface area contributed by atoms with Crippen LogP contribution in [0.25, 0.3) is 0 Å². The third-order valence-corrected chi connectivity index (χ3v) is 3.90. The first-order valence-electron chi connectivity index (χ1n) is 8.67. The van der Waals surface area contributed by atoms with Gasteiger partial charge in [-0.15, -0.1) is 0 Å². The summed E-state index contributed by atoms with van der Waals surface area (Å²) in [5.74, 6) is 1.16. The van der Waals surface area contributed by atoms with E-state index in [0.29, 0.717) is 36.1 Å². The Kier molecular flexibility index (Phi) is 5.99. The molecule has 6 heteroatoms. The predicted octanol–water partition coefficient (Wildman–Crippen LogP) is 3.72. The van der Waals surface area contributed by atoms with Crippen LogP contribution in [0.2, 0.25) is 0 Å². The first kappa shape index (κ1) is 18.4. The summed E-state index contributed by atoms with van der Waals surface area (Å²) >= 11 is 0. The van der Waals surface area contributed by atoms with E-state index < -0.39 is 6.04 Å². The topological polar surface area (TPSA) is 77.2 Å². The molecule has 1 atom stereocenters. The molecule has 0 aliphatic carbocycles. The van der Waals surface area contributed by atoms with Gasteiger partial charge in [0.1, 0.15) is 18.4 Å². The van der Waals surface area contributed by atoms with E-state index in [1.165, 1.54) is 0 Å². The third-order valence-electron chi connectivity index (χ3n) is 3.90. The molecule has 0 saturated carbocycles. The van der Waals surface area contributed by atoms with Crippen LogP contribution in [0.5, 0.6) is 5.75 Å². The number of amides is 1. The van der Waals surface area contributed by atoms with Gasteiger partial charge in [0.25, 0.3) is 5.91 Å². The molecular weight excluding hydrogens is 342 g/mol. The summed E-state index contributed by atoms with van der Waals surface area (Å²) in [5, 5.41) is 6.86. The number of para-hydroxylation sites is 1. The number of nitrogens with one attached hydrogen (secondary N) is 1. The van der Waals surface area contributed by atoms with Gasteiger partial charge in [0, 0.05) is 6.42 Å². The normalized spacial score (nSPS) is 11.6. The highest BCUT2D eigenvalue weighted by Gasteiger charge is 2.19. The van der Waals surface area contributed by atoms with E-state index in [9.17, 15) is 4.79 Å². The minimum Gasteiger partial charge on any atom is -0.489 e. The number of hydrogen-bond acceptors (Lipinski definition) is 5. The number of hydrogen-bond donors (Lipinski definition) is 1. The van der Waals surface area contributed by atoms with Crippen molar-refractivity contribution in [1.29, 1.82) is 0 Å². The highest BCUT2D eigenvalue weighted by molar-refractivity contribution is 5.97. The standard InChI is InChI=1S/C21H21N3O3/c1-3-13-26-18-12-8-7-11-17(18)20(25)22-15(2)21-23-19(24-27-21)14-16-9-5-4-6-10-16/h3-12,15H,1,13-14H2,2H3,(H,22,25). The fourth-order valence-corrected chi connectivity index (χ4v) is 2.56. The zero-order chi connectivity index (χ0) is 19.1. The number of aromatic nitrogens is 2. The molecule has 1 amide bonds. The van der Waals surface area contributed by atoms with E-state index in [1.807, 2.05) is 36.4 Å². The molecule has 1 heterocycles. The van der Waals surface area contributed by atoms with Gasteiger partial charge in [-0.3, -0.25) is 4.79 Å². The monoisotopic (exact) mass is 363 g/mol. The quantitative estimate of drug-likeness (QED) is 0.617. The predicted molar refractivity (Wildman–Crippen MR) is 102 cm³/mol. The first-order chi connectivity index (χ1) is 13.2. The molecule has 1 unspecified atom stereocenters. The second-order valence-corrected chi connectivity index (χ2v) is 6.00. The first-order valence-corrected chi connectivity index (χ1v) is 8.67. The Morgan fingerprint density at radius 3 is 2.74 bits per heavy atom. The van der Waals surface area contributed by atoms with Crippen molar-refractivity contribution < 1.29 is 14.1 Å². The third kappa shape index (κ3) is 4.82. The lowest BCUT2D eigenvalue weighted by Crippen LogP contribution is -2.27. The van der Waals surface area contributed by atoms with Crippen LogP contribution in [-0.4, -0.2) is 22.7 Å². The molecule has 2 aromatic carbocycles. The smallest absolute Gasteiger partial charge is 0.255 e. The van der Waals surface area contributed by atoms with Gasteiger partial charge in [-0.2, -0.15) is 4.98 Å². The number of nitrogens with zero attached hydrogens (tertiary/aromatic N) is 2. The lowest BCUT2D eigenvalue weighted by molar-refractivity contribution is 0.0929. The molecule has 138 valence electrons. The van der Waals surface area contributed by atoms with E-state index in [-0.39, 0.29) is 5.91 Å². The zero-order valence-corrected chi connectivity index (χ0v) is 15.1. The van der Waals surface area contributed by atoms with Gasteiger partial charge in [-0.05, 0) is 24.6 Å². The van der Waals surface area contributed by atoms with Gasteiger partial charge in [-0.25, -0.2) is 0 Å². The Labute approximate surface area is 157 Å². The number of carbonyl (C=O) groups is 1. The molecule has 1 N–H and O–H groups in total. The van der Waals surface area contributed by atoms with Gasteiger partial charge in [0.05, 0.1) is 5.56 Å². The fraction of sp³-hybridized carbons (Fsp3) is 0.190. The Morgan fingerprint density at radius 1 is 1.22 bits per heavy atom. The molecule has 3 aromatic rings. The number of carbonyl (C=O) groups excluding carboxylic acids is 1. The van der Waals surface area contributed by atoms with Crippen molar-refractivity contribution in [2.75, 3.05) is 6.61 Å². The summed E-state index contributed by atoms with van der Waals surface area (Å²) in [6.45, 7) is 5.74. The van der Waals surface area contributed by atoms with E-state index in [2.05, 4.69) is 22.0 Å². The molecule has 0 aliphatic rings. The summed E-state index contributed by atoms with van der Waals surface area (Å²) < 4.78 is 10.8. The fourth-order valence-electron chi connectivity index (χ4n) is 2.56. The lowest BCUT2D eigenvalue weighted by Gasteiger charge is -2.13. The van der Waals surface area contributed by atoms with Crippen molar-refractivity contribution in [2.45, 2.75) is 19.4 Å². The maximum atomic E-state index is 12.6. The average Bonchev–Trinajstić information content (AvgIpc) is 3.16. The molecular formula is C21H21N3O3. The van der Waals surface area contributed by atoms with Crippen molar-refractivity contribution in [3.63, 3.8) is 0 Å². The van der Waals surface area contributed by atoms with Crippen LogP contribution >= 0.6 is 0 Å². The Hall–Kier alpha value is -3.41. The second kappa shape index (κ2) is 8.80. The van der Waals surface area contributed by atoms with Crippen molar-refractivity contribution >= 4 is 5.91 Å². The van der Waals surface area contributed by atoms with Crippen molar-refractivity contribution in [3.05, 3.63) is 90.1 Å². The Balaban J connectivity index is 1.66. The summed E-state index contributed by atoms with van der Waals surface area (Å²) in [7, 11) is 0. The van der Waals surface area contributed by atoms with Crippen LogP contribution in [0.3, 0.4) is 0 Å². The van der Waals surface area contributed by atoms with Crippen molar-refractivity contribution in [1.82, 2.24) is 15.5 Å². The summed E-state index contributed by atoms with van der Waals surface area (Å²) in [6, 6.07) is 16.5. The Bertz CT molecular complexity index is 906. The molecule has 0 fully saturated rings. The maximum Gasteiger partial charge on any atom is 0.255 e.